The number of benzene rings is 1. The Hall–Kier alpha value is -2.45. The molecule has 0 bridgehead atoms. The van der Waals surface area contributed by atoms with Gasteiger partial charge in [0.15, 0.2) is 0 Å². The van der Waals surface area contributed by atoms with Crippen molar-refractivity contribution in [2.45, 2.75) is 13.3 Å². The SMILES string of the molecule is COc1ccc(NC(C)=O)cc1NC(=O)c1csc(CCN)n1. The Morgan fingerprint density at radius 3 is 2.78 bits per heavy atom. The maximum atomic E-state index is 12.3. The maximum Gasteiger partial charge on any atom is 0.275 e. The molecule has 1 heterocycles. The van der Waals surface area contributed by atoms with Gasteiger partial charge in [0, 0.05) is 24.4 Å². The van der Waals surface area contributed by atoms with E-state index in [1.165, 1.54) is 25.4 Å². The highest BCUT2D eigenvalue weighted by Crippen LogP contribution is 2.28. The maximum absolute atomic E-state index is 12.3. The van der Waals surface area contributed by atoms with Crippen LogP contribution in [0.25, 0.3) is 0 Å². The number of carbonyl (C=O) groups is 2. The molecule has 2 aromatic rings. The number of nitrogens with zero attached hydrogens (tertiary/aromatic N) is 1. The van der Waals surface area contributed by atoms with E-state index in [4.69, 9.17) is 10.5 Å². The fourth-order valence-electron chi connectivity index (χ4n) is 1.93. The number of hydrogen-bond acceptors (Lipinski definition) is 6. The van der Waals surface area contributed by atoms with Crippen LogP contribution in [0.1, 0.15) is 22.4 Å². The fourth-order valence-corrected chi connectivity index (χ4v) is 2.72. The van der Waals surface area contributed by atoms with Crippen LogP contribution in [0.15, 0.2) is 23.6 Å². The minimum absolute atomic E-state index is 0.196. The number of thiazole rings is 1. The van der Waals surface area contributed by atoms with Gasteiger partial charge < -0.3 is 21.1 Å². The largest absolute Gasteiger partial charge is 0.495 e. The zero-order valence-corrected chi connectivity index (χ0v) is 13.7. The number of carbonyl (C=O) groups excluding carboxylic acids is 2. The second-order valence-electron chi connectivity index (χ2n) is 4.72. The van der Waals surface area contributed by atoms with Crippen LogP contribution in [0.3, 0.4) is 0 Å². The van der Waals surface area contributed by atoms with Gasteiger partial charge in [-0.3, -0.25) is 9.59 Å². The van der Waals surface area contributed by atoms with Gasteiger partial charge in [0.2, 0.25) is 5.91 Å². The van der Waals surface area contributed by atoms with Gasteiger partial charge in [0.05, 0.1) is 17.8 Å². The average molecular weight is 334 g/mol. The summed E-state index contributed by atoms with van der Waals surface area (Å²) in [7, 11) is 1.51. The monoisotopic (exact) mass is 334 g/mol. The van der Waals surface area contributed by atoms with E-state index in [1.807, 2.05) is 0 Å². The molecule has 1 aromatic carbocycles. The lowest BCUT2D eigenvalue weighted by Crippen LogP contribution is -2.14. The molecular weight excluding hydrogens is 316 g/mol. The van der Waals surface area contributed by atoms with Crippen LogP contribution in [0.5, 0.6) is 5.75 Å². The first-order valence-electron chi connectivity index (χ1n) is 6.95. The van der Waals surface area contributed by atoms with Crippen molar-refractivity contribution in [3.8, 4) is 5.75 Å². The number of ether oxygens (including phenoxy) is 1. The standard InChI is InChI=1S/C15H18N4O3S/c1-9(20)17-10-3-4-13(22-2)11(7-10)19-15(21)12-8-23-14(18-12)5-6-16/h3-4,7-8H,5-6,16H2,1-2H3,(H,17,20)(H,19,21). The van der Waals surface area contributed by atoms with Gasteiger partial charge in [-0.05, 0) is 24.7 Å². The van der Waals surface area contributed by atoms with Gasteiger partial charge in [-0.25, -0.2) is 4.98 Å². The topological polar surface area (TPSA) is 106 Å². The van der Waals surface area contributed by atoms with Crippen LogP contribution in [0, 0.1) is 0 Å². The van der Waals surface area contributed by atoms with Gasteiger partial charge >= 0.3 is 0 Å². The molecule has 122 valence electrons. The highest BCUT2D eigenvalue weighted by Gasteiger charge is 2.14. The molecule has 0 spiro atoms. The highest BCUT2D eigenvalue weighted by atomic mass is 32.1. The normalized spacial score (nSPS) is 10.2. The van der Waals surface area contributed by atoms with Crippen molar-refractivity contribution in [1.82, 2.24) is 4.98 Å². The van der Waals surface area contributed by atoms with Crippen molar-refractivity contribution in [1.29, 1.82) is 0 Å². The lowest BCUT2D eigenvalue weighted by Gasteiger charge is -2.11. The molecule has 0 saturated carbocycles. The van der Waals surface area contributed by atoms with E-state index in [-0.39, 0.29) is 11.8 Å². The molecule has 0 unspecified atom stereocenters. The summed E-state index contributed by atoms with van der Waals surface area (Å²) in [6, 6.07) is 4.99. The summed E-state index contributed by atoms with van der Waals surface area (Å²) in [5, 5.41) is 7.90. The van der Waals surface area contributed by atoms with Gasteiger partial charge in [0.25, 0.3) is 5.91 Å². The van der Waals surface area contributed by atoms with E-state index < -0.39 is 0 Å². The van der Waals surface area contributed by atoms with Gasteiger partial charge in [0.1, 0.15) is 11.4 Å². The van der Waals surface area contributed by atoms with Crippen LogP contribution >= 0.6 is 11.3 Å². The Balaban J connectivity index is 2.19. The van der Waals surface area contributed by atoms with Gasteiger partial charge in [-0.1, -0.05) is 0 Å². The zero-order valence-electron chi connectivity index (χ0n) is 12.9. The molecule has 23 heavy (non-hydrogen) atoms. The Labute approximate surface area is 137 Å². The Morgan fingerprint density at radius 1 is 1.35 bits per heavy atom. The molecule has 8 heteroatoms. The van der Waals surface area contributed by atoms with Crippen molar-refractivity contribution >= 4 is 34.5 Å². The number of methoxy groups -OCH3 is 1. The van der Waals surface area contributed by atoms with Crippen molar-refractivity contribution in [3.05, 3.63) is 34.3 Å². The van der Waals surface area contributed by atoms with Crippen LogP contribution in [-0.4, -0.2) is 30.5 Å². The quantitative estimate of drug-likeness (QED) is 0.747. The number of hydrogen-bond donors (Lipinski definition) is 3. The molecule has 0 fully saturated rings. The fraction of sp³-hybridized carbons (Fsp3) is 0.267. The molecule has 2 rings (SSSR count). The molecule has 0 aliphatic carbocycles. The van der Waals surface area contributed by atoms with E-state index in [1.54, 1.807) is 23.6 Å². The molecule has 0 aliphatic heterocycles. The van der Waals surface area contributed by atoms with E-state index >= 15 is 0 Å². The molecule has 4 N–H and O–H groups in total. The Kier molecular flexibility index (Phi) is 5.67. The number of amides is 2. The lowest BCUT2D eigenvalue weighted by atomic mass is 10.2. The van der Waals surface area contributed by atoms with Crippen LogP contribution in [0.2, 0.25) is 0 Å². The second-order valence-corrected chi connectivity index (χ2v) is 5.66. The minimum Gasteiger partial charge on any atom is -0.495 e. The molecule has 7 nitrogen and oxygen atoms in total. The zero-order chi connectivity index (χ0) is 16.8. The summed E-state index contributed by atoms with van der Waals surface area (Å²) in [5.41, 5.74) is 6.82. The first-order valence-corrected chi connectivity index (χ1v) is 7.83. The third-order valence-corrected chi connectivity index (χ3v) is 3.82. The molecular formula is C15H18N4O3S. The van der Waals surface area contributed by atoms with E-state index in [0.29, 0.717) is 35.8 Å². The van der Waals surface area contributed by atoms with Gasteiger partial charge in [-0.15, -0.1) is 11.3 Å². The van der Waals surface area contributed by atoms with Crippen molar-refractivity contribution in [2.75, 3.05) is 24.3 Å². The number of rotatable bonds is 6. The van der Waals surface area contributed by atoms with Crippen LogP contribution in [0.4, 0.5) is 11.4 Å². The number of nitrogens with two attached hydrogens (primary N) is 1. The molecule has 0 radical (unpaired) electrons. The second kappa shape index (κ2) is 7.70. The lowest BCUT2D eigenvalue weighted by molar-refractivity contribution is -0.114. The third-order valence-electron chi connectivity index (χ3n) is 2.91. The molecule has 0 saturated heterocycles. The predicted molar refractivity (Wildman–Crippen MR) is 90.1 cm³/mol. The molecule has 0 atom stereocenters. The van der Waals surface area contributed by atoms with E-state index in [0.717, 1.165) is 5.01 Å². The first-order chi connectivity index (χ1) is 11.0. The summed E-state index contributed by atoms with van der Waals surface area (Å²) in [5.74, 6) is -0.0500. The Morgan fingerprint density at radius 2 is 2.13 bits per heavy atom. The summed E-state index contributed by atoms with van der Waals surface area (Å²) in [4.78, 5) is 27.7. The molecule has 1 aromatic heterocycles. The van der Waals surface area contributed by atoms with Crippen LogP contribution < -0.4 is 21.1 Å². The summed E-state index contributed by atoms with van der Waals surface area (Å²) < 4.78 is 5.22. The summed E-state index contributed by atoms with van der Waals surface area (Å²) >= 11 is 1.39. The number of nitrogens with one attached hydrogen (secondary N) is 2. The van der Waals surface area contributed by atoms with Crippen molar-refractivity contribution in [2.24, 2.45) is 5.73 Å². The van der Waals surface area contributed by atoms with E-state index in [9.17, 15) is 9.59 Å². The van der Waals surface area contributed by atoms with Crippen molar-refractivity contribution < 1.29 is 14.3 Å². The molecule has 2 amide bonds. The highest BCUT2D eigenvalue weighted by molar-refractivity contribution is 7.09. The average Bonchev–Trinajstić information content (AvgIpc) is 2.96. The number of aromatic nitrogens is 1. The minimum atomic E-state index is -0.345. The first kappa shape index (κ1) is 16.9. The molecule has 0 aliphatic rings. The summed E-state index contributed by atoms with van der Waals surface area (Å²) in [6.45, 7) is 1.90. The Bertz CT molecular complexity index is 714. The smallest absolute Gasteiger partial charge is 0.275 e. The van der Waals surface area contributed by atoms with E-state index in [2.05, 4.69) is 15.6 Å². The van der Waals surface area contributed by atoms with Gasteiger partial charge in [-0.2, -0.15) is 0 Å². The third kappa shape index (κ3) is 4.51. The van der Waals surface area contributed by atoms with Crippen LogP contribution in [-0.2, 0) is 11.2 Å². The summed E-state index contributed by atoms with van der Waals surface area (Å²) in [6.07, 6.45) is 0.638. The predicted octanol–water partition coefficient (Wildman–Crippen LogP) is 1.86. The van der Waals surface area contributed by atoms with Crippen molar-refractivity contribution in [3.63, 3.8) is 0 Å². The number of anilines is 2.